The molecule has 2 N–H and O–H groups in total. The Morgan fingerprint density at radius 3 is 3.00 bits per heavy atom. The number of pyridine rings is 2. The van der Waals surface area contributed by atoms with Crippen molar-refractivity contribution in [3.63, 3.8) is 0 Å². The summed E-state index contributed by atoms with van der Waals surface area (Å²) in [5, 5.41) is 16.9. The summed E-state index contributed by atoms with van der Waals surface area (Å²) in [5.41, 5.74) is 3.41. The molecule has 0 unspecified atom stereocenters. The van der Waals surface area contributed by atoms with E-state index >= 15 is 0 Å². The van der Waals surface area contributed by atoms with Crippen molar-refractivity contribution in [2.45, 2.75) is 32.7 Å². The van der Waals surface area contributed by atoms with Gasteiger partial charge in [-0.2, -0.15) is 5.10 Å². The SMILES string of the molecule is Cc1cc(Cn2cc3c(CC(=O)NCCO)nccc3n2)ncc1OCC1CC1. The van der Waals surface area contributed by atoms with Crippen molar-refractivity contribution in [1.82, 2.24) is 25.1 Å². The summed E-state index contributed by atoms with van der Waals surface area (Å²) in [6.07, 6.45) is 8.01. The molecule has 1 fully saturated rings. The van der Waals surface area contributed by atoms with Gasteiger partial charge in [0.2, 0.25) is 5.91 Å². The Bertz CT molecular complexity index is 1010. The molecule has 4 rings (SSSR count). The monoisotopic (exact) mass is 395 g/mol. The fourth-order valence-electron chi connectivity index (χ4n) is 3.18. The van der Waals surface area contributed by atoms with Crippen LogP contribution in [-0.4, -0.2) is 50.5 Å². The van der Waals surface area contributed by atoms with Crippen LogP contribution in [0.15, 0.2) is 30.7 Å². The molecule has 0 aliphatic heterocycles. The Kier molecular flexibility index (Phi) is 5.71. The summed E-state index contributed by atoms with van der Waals surface area (Å²) in [6, 6.07) is 3.85. The number of rotatable bonds is 9. The fraction of sp³-hybridized carbons (Fsp3) is 0.429. The number of amides is 1. The molecule has 1 amide bonds. The molecular weight excluding hydrogens is 370 g/mol. The number of carbonyl (C=O) groups is 1. The van der Waals surface area contributed by atoms with E-state index in [4.69, 9.17) is 9.84 Å². The number of hydrogen-bond acceptors (Lipinski definition) is 6. The van der Waals surface area contributed by atoms with Gasteiger partial charge in [0.1, 0.15) is 5.75 Å². The van der Waals surface area contributed by atoms with Crippen LogP contribution in [0.2, 0.25) is 0 Å². The Morgan fingerprint density at radius 2 is 2.24 bits per heavy atom. The van der Waals surface area contributed by atoms with Crippen LogP contribution in [0.3, 0.4) is 0 Å². The number of nitrogens with zero attached hydrogens (tertiary/aromatic N) is 4. The lowest BCUT2D eigenvalue weighted by atomic mass is 10.2. The third kappa shape index (κ3) is 4.89. The number of fused-ring (bicyclic) bond motifs is 1. The molecule has 0 aromatic carbocycles. The zero-order chi connectivity index (χ0) is 20.2. The highest BCUT2D eigenvalue weighted by molar-refractivity contribution is 5.86. The summed E-state index contributed by atoms with van der Waals surface area (Å²) < 4.78 is 7.66. The van der Waals surface area contributed by atoms with Gasteiger partial charge >= 0.3 is 0 Å². The highest BCUT2D eigenvalue weighted by Crippen LogP contribution is 2.30. The van der Waals surface area contributed by atoms with Crippen molar-refractivity contribution < 1.29 is 14.6 Å². The molecule has 0 atom stereocenters. The molecule has 3 heterocycles. The number of aliphatic hydroxyl groups is 1. The van der Waals surface area contributed by atoms with E-state index in [0.29, 0.717) is 18.2 Å². The normalized spacial score (nSPS) is 13.6. The lowest BCUT2D eigenvalue weighted by Crippen LogP contribution is -2.28. The second-order valence-corrected chi connectivity index (χ2v) is 7.46. The van der Waals surface area contributed by atoms with Gasteiger partial charge in [0.15, 0.2) is 0 Å². The van der Waals surface area contributed by atoms with E-state index in [9.17, 15) is 4.79 Å². The number of hydrogen-bond donors (Lipinski definition) is 2. The predicted octanol–water partition coefficient (Wildman–Crippen LogP) is 1.62. The van der Waals surface area contributed by atoms with Crippen LogP contribution < -0.4 is 10.1 Å². The highest BCUT2D eigenvalue weighted by atomic mass is 16.5. The van der Waals surface area contributed by atoms with E-state index < -0.39 is 0 Å². The van der Waals surface area contributed by atoms with E-state index in [1.54, 1.807) is 12.4 Å². The molecule has 29 heavy (non-hydrogen) atoms. The second kappa shape index (κ2) is 8.57. The minimum atomic E-state index is -0.175. The summed E-state index contributed by atoms with van der Waals surface area (Å²) in [7, 11) is 0. The molecule has 0 radical (unpaired) electrons. The van der Waals surface area contributed by atoms with Crippen LogP contribution in [0, 0.1) is 12.8 Å². The van der Waals surface area contributed by atoms with Gasteiger partial charge in [-0.1, -0.05) is 0 Å². The molecule has 1 aliphatic rings. The van der Waals surface area contributed by atoms with Crippen molar-refractivity contribution >= 4 is 16.8 Å². The third-order valence-corrected chi connectivity index (χ3v) is 4.94. The minimum Gasteiger partial charge on any atom is -0.491 e. The lowest BCUT2D eigenvalue weighted by Gasteiger charge is -2.09. The van der Waals surface area contributed by atoms with Gasteiger partial charge in [-0.25, -0.2) is 0 Å². The van der Waals surface area contributed by atoms with E-state index in [0.717, 1.165) is 34.5 Å². The number of ether oxygens (including phenoxy) is 1. The molecule has 8 heteroatoms. The molecule has 0 bridgehead atoms. The van der Waals surface area contributed by atoms with Crippen LogP contribution in [0.5, 0.6) is 5.75 Å². The van der Waals surface area contributed by atoms with E-state index in [1.807, 2.05) is 29.9 Å². The maximum absolute atomic E-state index is 12.0. The maximum Gasteiger partial charge on any atom is 0.226 e. The summed E-state index contributed by atoms with van der Waals surface area (Å²) in [4.78, 5) is 20.8. The standard InChI is InChI=1S/C21H25N5O3/c1-14-8-16(24-10-20(14)29-13-15-2-3-15)11-26-12-17-18(25-26)4-5-22-19(17)9-21(28)23-6-7-27/h4-5,8,10,12,15,27H,2-3,6-7,9,11,13H2,1H3,(H,23,28). The molecule has 152 valence electrons. The Morgan fingerprint density at radius 1 is 1.38 bits per heavy atom. The summed E-state index contributed by atoms with van der Waals surface area (Å²) >= 11 is 0. The first-order valence-electron chi connectivity index (χ1n) is 9.89. The zero-order valence-electron chi connectivity index (χ0n) is 16.5. The molecule has 1 saturated carbocycles. The van der Waals surface area contributed by atoms with Crippen molar-refractivity contribution in [2.24, 2.45) is 5.92 Å². The van der Waals surface area contributed by atoms with Gasteiger partial charge in [-0.05, 0) is 43.4 Å². The van der Waals surface area contributed by atoms with Crippen molar-refractivity contribution in [3.8, 4) is 5.75 Å². The maximum atomic E-state index is 12.0. The molecule has 1 aliphatic carbocycles. The van der Waals surface area contributed by atoms with E-state index in [2.05, 4.69) is 20.4 Å². The highest BCUT2D eigenvalue weighted by Gasteiger charge is 2.22. The van der Waals surface area contributed by atoms with Gasteiger partial charge in [0, 0.05) is 24.3 Å². The smallest absolute Gasteiger partial charge is 0.226 e. The first-order valence-corrected chi connectivity index (χ1v) is 9.89. The van der Waals surface area contributed by atoms with Crippen LogP contribution in [0.25, 0.3) is 10.9 Å². The average molecular weight is 395 g/mol. The molecule has 3 aromatic rings. The molecule has 0 saturated heterocycles. The Hall–Kier alpha value is -3.00. The van der Waals surface area contributed by atoms with Gasteiger partial charge in [0.25, 0.3) is 0 Å². The fourth-order valence-corrected chi connectivity index (χ4v) is 3.18. The van der Waals surface area contributed by atoms with Gasteiger partial charge in [-0.3, -0.25) is 19.4 Å². The molecule has 0 spiro atoms. The third-order valence-electron chi connectivity index (χ3n) is 4.94. The number of aromatic nitrogens is 4. The number of aliphatic hydroxyl groups excluding tert-OH is 1. The van der Waals surface area contributed by atoms with E-state index in [-0.39, 0.29) is 25.5 Å². The predicted molar refractivity (Wildman–Crippen MR) is 108 cm³/mol. The quantitative estimate of drug-likeness (QED) is 0.571. The van der Waals surface area contributed by atoms with Crippen molar-refractivity contribution in [1.29, 1.82) is 0 Å². The van der Waals surface area contributed by atoms with Crippen LogP contribution in [0.4, 0.5) is 0 Å². The Labute approximate surface area is 168 Å². The number of aryl methyl sites for hydroxylation is 1. The summed E-state index contributed by atoms with van der Waals surface area (Å²) in [5.74, 6) is 1.37. The van der Waals surface area contributed by atoms with Crippen molar-refractivity contribution in [3.05, 3.63) is 47.7 Å². The first-order chi connectivity index (χ1) is 14.1. The minimum absolute atomic E-state index is 0.0852. The van der Waals surface area contributed by atoms with Crippen LogP contribution in [-0.2, 0) is 17.8 Å². The van der Waals surface area contributed by atoms with Gasteiger partial charge < -0.3 is 15.2 Å². The lowest BCUT2D eigenvalue weighted by molar-refractivity contribution is -0.120. The zero-order valence-corrected chi connectivity index (χ0v) is 16.5. The van der Waals surface area contributed by atoms with E-state index in [1.165, 1.54) is 12.8 Å². The topological polar surface area (TPSA) is 102 Å². The first kappa shape index (κ1) is 19.3. The molecular formula is C21H25N5O3. The second-order valence-electron chi connectivity index (χ2n) is 7.46. The summed E-state index contributed by atoms with van der Waals surface area (Å²) in [6.45, 7) is 3.47. The van der Waals surface area contributed by atoms with Gasteiger partial charge in [0.05, 0.1) is 49.3 Å². The number of nitrogens with one attached hydrogen (secondary N) is 1. The van der Waals surface area contributed by atoms with Crippen molar-refractivity contribution in [2.75, 3.05) is 19.8 Å². The van der Waals surface area contributed by atoms with Crippen LogP contribution >= 0.6 is 0 Å². The molecule has 8 nitrogen and oxygen atoms in total. The van der Waals surface area contributed by atoms with Gasteiger partial charge in [-0.15, -0.1) is 0 Å². The van der Waals surface area contributed by atoms with Crippen LogP contribution in [0.1, 0.15) is 29.8 Å². The number of carbonyl (C=O) groups excluding carboxylic acids is 1. The average Bonchev–Trinajstić information content (AvgIpc) is 3.44. The largest absolute Gasteiger partial charge is 0.491 e. The molecule has 3 aromatic heterocycles. The Balaban J connectivity index is 1.47.